The van der Waals surface area contributed by atoms with Crippen molar-refractivity contribution in [2.75, 3.05) is 11.5 Å². The zero-order valence-corrected chi connectivity index (χ0v) is 12.2. The summed E-state index contributed by atoms with van der Waals surface area (Å²) in [6, 6.07) is 5.91. The molecule has 1 saturated carbocycles. The molecular formula is C13H18BrNOS. The lowest BCUT2D eigenvalue weighted by Gasteiger charge is -2.31. The first-order valence-corrected chi connectivity index (χ1v) is 7.77. The normalized spacial score (nSPS) is 19.2. The number of hydrogen-bond donors (Lipinski definition) is 2. The van der Waals surface area contributed by atoms with E-state index in [9.17, 15) is 5.11 Å². The molecular weight excluding hydrogens is 298 g/mol. The standard InChI is InChI=1S/C13H18BrNOS/c14-10-4-5-12(11(15)8-10)17-9-13(16)6-2-1-3-7-13/h4-5,8,16H,1-3,6-7,9,15H2. The van der Waals surface area contributed by atoms with Crippen LogP contribution in [0.2, 0.25) is 0 Å². The molecule has 3 N–H and O–H groups in total. The van der Waals surface area contributed by atoms with Crippen molar-refractivity contribution in [3.8, 4) is 0 Å². The fraction of sp³-hybridized carbons (Fsp3) is 0.538. The summed E-state index contributed by atoms with van der Waals surface area (Å²) in [4.78, 5) is 1.06. The monoisotopic (exact) mass is 315 g/mol. The van der Waals surface area contributed by atoms with Crippen LogP contribution >= 0.6 is 27.7 Å². The lowest BCUT2D eigenvalue weighted by Crippen LogP contribution is -2.33. The summed E-state index contributed by atoms with van der Waals surface area (Å²) in [5.74, 6) is 0.749. The predicted molar refractivity (Wildman–Crippen MR) is 77.3 cm³/mol. The number of nitrogen functional groups attached to an aromatic ring is 1. The van der Waals surface area contributed by atoms with Crippen molar-refractivity contribution in [2.45, 2.75) is 42.6 Å². The zero-order chi connectivity index (χ0) is 12.3. The van der Waals surface area contributed by atoms with Gasteiger partial charge in [0.1, 0.15) is 0 Å². The Kier molecular flexibility index (Phi) is 4.39. The minimum Gasteiger partial charge on any atom is -0.398 e. The van der Waals surface area contributed by atoms with Gasteiger partial charge < -0.3 is 10.8 Å². The number of thioether (sulfide) groups is 1. The van der Waals surface area contributed by atoms with Crippen LogP contribution in [0.25, 0.3) is 0 Å². The Labute approximate surface area is 115 Å². The van der Waals surface area contributed by atoms with E-state index in [1.165, 1.54) is 6.42 Å². The summed E-state index contributed by atoms with van der Waals surface area (Å²) in [6.07, 6.45) is 5.40. The molecule has 0 aromatic heterocycles. The van der Waals surface area contributed by atoms with Crippen LogP contribution in [0.4, 0.5) is 5.69 Å². The van der Waals surface area contributed by atoms with E-state index < -0.39 is 5.60 Å². The van der Waals surface area contributed by atoms with Crippen molar-refractivity contribution in [2.24, 2.45) is 0 Å². The molecule has 0 unspecified atom stereocenters. The maximum atomic E-state index is 10.4. The third-order valence-electron chi connectivity index (χ3n) is 3.25. The van der Waals surface area contributed by atoms with Crippen molar-refractivity contribution in [1.29, 1.82) is 0 Å². The number of benzene rings is 1. The molecule has 94 valence electrons. The van der Waals surface area contributed by atoms with Gasteiger partial charge in [-0.25, -0.2) is 0 Å². The lowest BCUT2D eigenvalue weighted by molar-refractivity contribution is 0.0273. The molecule has 0 amide bonds. The SMILES string of the molecule is Nc1cc(Br)ccc1SCC1(O)CCCCC1. The van der Waals surface area contributed by atoms with Crippen molar-refractivity contribution >= 4 is 33.4 Å². The fourth-order valence-corrected chi connectivity index (χ4v) is 3.70. The largest absolute Gasteiger partial charge is 0.398 e. The first-order valence-electron chi connectivity index (χ1n) is 5.99. The molecule has 0 radical (unpaired) electrons. The quantitative estimate of drug-likeness (QED) is 0.658. The summed E-state index contributed by atoms with van der Waals surface area (Å²) in [5, 5.41) is 10.4. The van der Waals surface area contributed by atoms with E-state index in [0.717, 1.165) is 46.5 Å². The molecule has 0 bridgehead atoms. The summed E-state index contributed by atoms with van der Waals surface area (Å²) < 4.78 is 0.996. The second kappa shape index (κ2) is 5.63. The third kappa shape index (κ3) is 3.63. The minimum atomic E-state index is -0.484. The molecule has 1 aliphatic rings. The van der Waals surface area contributed by atoms with Crippen molar-refractivity contribution in [1.82, 2.24) is 0 Å². The highest BCUT2D eigenvalue weighted by atomic mass is 79.9. The van der Waals surface area contributed by atoms with E-state index in [1.807, 2.05) is 18.2 Å². The topological polar surface area (TPSA) is 46.2 Å². The first-order chi connectivity index (χ1) is 8.09. The van der Waals surface area contributed by atoms with Gasteiger partial charge in [-0.15, -0.1) is 11.8 Å². The van der Waals surface area contributed by atoms with Gasteiger partial charge in [-0.2, -0.15) is 0 Å². The van der Waals surface area contributed by atoms with E-state index in [-0.39, 0.29) is 0 Å². The van der Waals surface area contributed by atoms with Crippen LogP contribution in [0.5, 0.6) is 0 Å². The van der Waals surface area contributed by atoms with Gasteiger partial charge in [-0.1, -0.05) is 35.2 Å². The molecule has 0 heterocycles. The summed E-state index contributed by atoms with van der Waals surface area (Å²) in [6.45, 7) is 0. The summed E-state index contributed by atoms with van der Waals surface area (Å²) >= 11 is 5.06. The van der Waals surface area contributed by atoms with Gasteiger partial charge in [-0.05, 0) is 31.0 Å². The van der Waals surface area contributed by atoms with Crippen LogP contribution in [0, 0.1) is 0 Å². The molecule has 1 aromatic carbocycles. The molecule has 1 fully saturated rings. The number of anilines is 1. The smallest absolute Gasteiger partial charge is 0.0741 e. The number of halogens is 1. The molecule has 1 aromatic rings. The van der Waals surface area contributed by atoms with Gasteiger partial charge in [0.25, 0.3) is 0 Å². The Hall–Kier alpha value is -0.190. The Morgan fingerprint density at radius 3 is 2.65 bits per heavy atom. The van der Waals surface area contributed by atoms with E-state index >= 15 is 0 Å². The number of hydrogen-bond acceptors (Lipinski definition) is 3. The number of rotatable bonds is 3. The van der Waals surface area contributed by atoms with Crippen LogP contribution in [0.15, 0.2) is 27.6 Å². The molecule has 2 rings (SSSR count). The van der Waals surface area contributed by atoms with Crippen molar-refractivity contribution < 1.29 is 5.11 Å². The molecule has 0 saturated heterocycles. The zero-order valence-electron chi connectivity index (χ0n) is 9.79. The van der Waals surface area contributed by atoms with Gasteiger partial charge in [0, 0.05) is 20.8 Å². The van der Waals surface area contributed by atoms with E-state index in [2.05, 4.69) is 15.9 Å². The second-order valence-corrected chi connectivity index (χ2v) is 6.69. The molecule has 1 aliphatic carbocycles. The summed E-state index contributed by atoms with van der Waals surface area (Å²) in [7, 11) is 0. The molecule has 0 spiro atoms. The van der Waals surface area contributed by atoms with E-state index in [0.29, 0.717) is 0 Å². The Bertz CT molecular complexity index is 391. The van der Waals surface area contributed by atoms with Gasteiger partial charge in [-0.3, -0.25) is 0 Å². The average Bonchev–Trinajstić information content (AvgIpc) is 2.29. The van der Waals surface area contributed by atoms with Gasteiger partial charge in [0.2, 0.25) is 0 Å². The second-order valence-electron chi connectivity index (χ2n) is 4.76. The van der Waals surface area contributed by atoms with Crippen LogP contribution in [0.3, 0.4) is 0 Å². The van der Waals surface area contributed by atoms with Crippen LogP contribution < -0.4 is 5.73 Å². The minimum absolute atomic E-state index is 0.484. The van der Waals surface area contributed by atoms with Crippen LogP contribution in [0.1, 0.15) is 32.1 Å². The molecule has 0 aliphatic heterocycles. The third-order valence-corrected chi connectivity index (χ3v) is 5.11. The van der Waals surface area contributed by atoms with Gasteiger partial charge in [0.15, 0.2) is 0 Å². The highest BCUT2D eigenvalue weighted by Crippen LogP contribution is 2.35. The Balaban J connectivity index is 1.97. The highest BCUT2D eigenvalue weighted by molar-refractivity contribution is 9.10. The van der Waals surface area contributed by atoms with E-state index in [4.69, 9.17) is 5.73 Å². The Morgan fingerprint density at radius 2 is 2.00 bits per heavy atom. The molecule has 17 heavy (non-hydrogen) atoms. The maximum Gasteiger partial charge on any atom is 0.0741 e. The molecule has 0 atom stereocenters. The number of nitrogens with two attached hydrogens (primary N) is 1. The average molecular weight is 316 g/mol. The van der Waals surface area contributed by atoms with Gasteiger partial charge in [0.05, 0.1) is 5.60 Å². The van der Waals surface area contributed by atoms with Gasteiger partial charge >= 0.3 is 0 Å². The summed E-state index contributed by atoms with van der Waals surface area (Å²) in [5.41, 5.74) is 6.25. The van der Waals surface area contributed by atoms with Crippen LogP contribution in [-0.4, -0.2) is 16.5 Å². The molecule has 4 heteroatoms. The van der Waals surface area contributed by atoms with Crippen molar-refractivity contribution in [3.63, 3.8) is 0 Å². The lowest BCUT2D eigenvalue weighted by atomic mass is 9.86. The van der Waals surface area contributed by atoms with E-state index in [1.54, 1.807) is 11.8 Å². The predicted octanol–water partition coefficient (Wildman–Crippen LogP) is 3.82. The fourth-order valence-electron chi connectivity index (χ4n) is 2.22. The number of aliphatic hydroxyl groups is 1. The highest BCUT2D eigenvalue weighted by Gasteiger charge is 2.29. The Morgan fingerprint density at radius 1 is 1.29 bits per heavy atom. The first kappa shape index (κ1) is 13.2. The maximum absolute atomic E-state index is 10.4. The van der Waals surface area contributed by atoms with Crippen molar-refractivity contribution in [3.05, 3.63) is 22.7 Å². The van der Waals surface area contributed by atoms with Crippen LogP contribution in [-0.2, 0) is 0 Å². The molecule has 2 nitrogen and oxygen atoms in total.